The first kappa shape index (κ1) is 14.6. The Labute approximate surface area is 115 Å². The van der Waals surface area contributed by atoms with Gasteiger partial charge in [0.1, 0.15) is 5.82 Å². The Morgan fingerprint density at radius 3 is 1.90 bits per heavy atom. The fraction of sp³-hybridized carbons (Fsp3) is 0.250. The van der Waals surface area contributed by atoms with Crippen LogP contribution in [0.5, 0.6) is 0 Å². The van der Waals surface area contributed by atoms with E-state index in [2.05, 4.69) is 0 Å². The fourth-order valence-corrected chi connectivity index (χ4v) is 2.59. The van der Waals surface area contributed by atoms with Crippen molar-refractivity contribution in [2.24, 2.45) is 0 Å². The van der Waals surface area contributed by atoms with E-state index in [0.717, 1.165) is 23.8 Å². The van der Waals surface area contributed by atoms with Gasteiger partial charge in [-0.25, -0.2) is 4.39 Å². The standard InChI is InChI=1S/C16H14F4/c1-9-7-10(2)14(11(3)8-9)15-12(16(18,19)20)5-4-6-13(15)17/h4-8H,1-3H3. The zero-order chi connectivity index (χ0) is 15.1. The maximum Gasteiger partial charge on any atom is 0.417 e. The second-order valence-corrected chi connectivity index (χ2v) is 4.93. The van der Waals surface area contributed by atoms with Crippen LogP contribution in [0.2, 0.25) is 0 Å². The van der Waals surface area contributed by atoms with Gasteiger partial charge < -0.3 is 0 Å². The summed E-state index contributed by atoms with van der Waals surface area (Å²) in [5, 5.41) is 0. The molecule has 0 aliphatic rings. The van der Waals surface area contributed by atoms with Crippen LogP contribution >= 0.6 is 0 Å². The molecular weight excluding hydrogens is 268 g/mol. The van der Waals surface area contributed by atoms with Crippen molar-refractivity contribution >= 4 is 0 Å². The van der Waals surface area contributed by atoms with Crippen molar-refractivity contribution in [2.75, 3.05) is 0 Å². The average Bonchev–Trinajstić information content (AvgIpc) is 2.28. The van der Waals surface area contributed by atoms with Gasteiger partial charge in [-0.05, 0) is 49.6 Å². The third kappa shape index (κ3) is 2.55. The summed E-state index contributed by atoms with van der Waals surface area (Å²) in [4.78, 5) is 0. The van der Waals surface area contributed by atoms with Crippen LogP contribution in [0.1, 0.15) is 22.3 Å². The highest BCUT2D eigenvalue weighted by Crippen LogP contribution is 2.40. The van der Waals surface area contributed by atoms with Crippen molar-refractivity contribution in [2.45, 2.75) is 26.9 Å². The number of aryl methyl sites for hydroxylation is 3. The molecule has 0 aromatic heterocycles. The smallest absolute Gasteiger partial charge is 0.206 e. The van der Waals surface area contributed by atoms with Gasteiger partial charge in [0.25, 0.3) is 0 Å². The monoisotopic (exact) mass is 282 g/mol. The fourth-order valence-electron chi connectivity index (χ4n) is 2.59. The maximum absolute atomic E-state index is 14.0. The van der Waals surface area contributed by atoms with E-state index >= 15 is 0 Å². The molecule has 0 spiro atoms. The largest absolute Gasteiger partial charge is 0.417 e. The topological polar surface area (TPSA) is 0 Å². The first-order chi connectivity index (χ1) is 9.21. The lowest BCUT2D eigenvalue weighted by atomic mass is 9.90. The van der Waals surface area contributed by atoms with Crippen LogP contribution in [0.4, 0.5) is 17.6 Å². The van der Waals surface area contributed by atoms with Crippen molar-refractivity contribution in [3.8, 4) is 11.1 Å². The highest BCUT2D eigenvalue weighted by atomic mass is 19.4. The summed E-state index contributed by atoms with van der Waals surface area (Å²) in [5.74, 6) is -0.852. The molecule has 0 nitrogen and oxygen atoms in total. The molecule has 0 atom stereocenters. The van der Waals surface area contributed by atoms with Crippen molar-refractivity contribution in [3.63, 3.8) is 0 Å². The number of rotatable bonds is 1. The van der Waals surface area contributed by atoms with E-state index in [-0.39, 0.29) is 5.56 Å². The van der Waals surface area contributed by atoms with E-state index in [4.69, 9.17) is 0 Å². The van der Waals surface area contributed by atoms with Gasteiger partial charge in [0.15, 0.2) is 0 Å². The molecule has 0 amide bonds. The first-order valence-corrected chi connectivity index (χ1v) is 6.15. The Morgan fingerprint density at radius 2 is 1.40 bits per heavy atom. The van der Waals surface area contributed by atoms with E-state index in [9.17, 15) is 17.6 Å². The molecule has 2 aromatic carbocycles. The number of hydrogen-bond acceptors (Lipinski definition) is 0. The van der Waals surface area contributed by atoms with Crippen molar-refractivity contribution in [1.29, 1.82) is 0 Å². The van der Waals surface area contributed by atoms with E-state index in [1.54, 1.807) is 26.0 Å². The van der Waals surface area contributed by atoms with E-state index in [1.165, 1.54) is 0 Å². The van der Waals surface area contributed by atoms with Gasteiger partial charge in [0.05, 0.1) is 5.56 Å². The molecule has 0 unspecified atom stereocenters. The van der Waals surface area contributed by atoms with Gasteiger partial charge in [-0.2, -0.15) is 13.2 Å². The Balaban J connectivity index is 2.83. The molecule has 0 N–H and O–H groups in total. The Morgan fingerprint density at radius 1 is 0.850 bits per heavy atom. The minimum Gasteiger partial charge on any atom is -0.206 e. The molecule has 0 aliphatic carbocycles. The van der Waals surface area contributed by atoms with Crippen LogP contribution < -0.4 is 0 Å². The predicted molar refractivity (Wildman–Crippen MR) is 71.0 cm³/mol. The molecular formula is C16H14F4. The van der Waals surface area contributed by atoms with Crippen LogP contribution in [-0.2, 0) is 6.18 Å². The molecule has 0 aliphatic heterocycles. The molecule has 0 fully saturated rings. The maximum atomic E-state index is 14.0. The van der Waals surface area contributed by atoms with E-state index in [0.29, 0.717) is 16.7 Å². The Kier molecular flexibility index (Phi) is 3.59. The summed E-state index contributed by atoms with van der Waals surface area (Å²) >= 11 is 0. The van der Waals surface area contributed by atoms with Crippen molar-refractivity contribution in [3.05, 3.63) is 58.4 Å². The summed E-state index contributed by atoms with van der Waals surface area (Å²) in [5.41, 5.74) is 1.23. The lowest BCUT2D eigenvalue weighted by Crippen LogP contribution is -2.09. The third-order valence-corrected chi connectivity index (χ3v) is 3.25. The zero-order valence-electron chi connectivity index (χ0n) is 11.4. The van der Waals surface area contributed by atoms with Gasteiger partial charge in [-0.3, -0.25) is 0 Å². The van der Waals surface area contributed by atoms with E-state index < -0.39 is 17.6 Å². The normalized spacial score (nSPS) is 11.8. The summed E-state index contributed by atoms with van der Waals surface area (Å²) in [6.45, 7) is 5.25. The lowest BCUT2D eigenvalue weighted by Gasteiger charge is -2.18. The molecule has 2 aromatic rings. The molecule has 0 saturated carbocycles. The van der Waals surface area contributed by atoms with Gasteiger partial charge in [-0.15, -0.1) is 0 Å². The third-order valence-electron chi connectivity index (χ3n) is 3.25. The second-order valence-electron chi connectivity index (χ2n) is 4.93. The predicted octanol–water partition coefficient (Wildman–Crippen LogP) is 5.44. The minimum atomic E-state index is -4.58. The minimum absolute atomic E-state index is 0.320. The summed E-state index contributed by atoms with van der Waals surface area (Å²) in [7, 11) is 0. The van der Waals surface area contributed by atoms with Crippen LogP contribution in [-0.4, -0.2) is 0 Å². The number of hydrogen-bond donors (Lipinski definition) is 0. The number of alkyl halides is 3. The van der Waals surface area contributed by atoms with Crippen LogP contribution in [0.3, 0.4) is 0 Å². The number of benzene rings is 2. The molecule has 106 valence electrons. The number of halogens is 4. The van der Waals surface area contributed by atoms with E-state index in [1.807, 2.05) is 6.92 Å². The molecule has 0 bridgehead atoms. The second kappa shape index (κ2) is 4.93. The molecule has 0 saturated heterocycles. The lowest BCUT2D eigenvalue weighted by molar-refractivity contribution is -0.137. The highest BCUT2D eigenvalue weighted by molar-refractivity contribution is 5.75. The van der Waals surface area contributed by atoms with Crippen molar-refractivity contribution < 1.29 is 17.6 Å². The molecule has 4 heteroatoms. The molecule has 2 rings (SSSR count). The SMILES string of the molecule is Cc1cc(C)c(-c2c(F)cccc2C(F)(F)F)c(C)c1. The van der Waals surface area contributed by atoms with Crippen LogP contribution in [0.15, 0.2) is 30.3 Å². The summed E-state index contributed by atoms with van der Waals surface area (Å²) in [6.07, 6.45) is -4.58. The van der Waals surface area contributed by atoms with Gasteiger partial charge in [0.2, 0.25) is 0 Å². The van der Waals surface area contributed by atoms with Crippen LogP contribution in [0, 0.1) is 26.6 Å². The van der Waals surface area contributed by atoms with Gasteiger partial charge in [0, 0.05) is 5.56 Å². The summed E-state index contributed by atoms with van der Waals surface area (Å²) in [6, 6.07) is 6.57. The molecule has 20 heavy (non-hydrogen) atoms. The highest BCUT2D eigenvalue weighted by Gasteiger charge is 2.35. The van der Waals surface area contributed by atoms with Gasteiger partial charge >= 0.3 is 6.18 Å². The Hall–Kier alpha value is -1.84. The quantitative estimate of drug-likeness (QED) is 0.611. The summed E-state index contributed by atoms with van der Waals surface area (Å²) < 4.78 is 53.3. The average molecular weight is 282 g/mol. The first-order valence-electron chi connectivity index (χ1n) is 6.15. The van der Waals surface area contributed by atoms with Crippen LogP contribution in [0.25, 0.3) is 11.1 Å². The molecule has 0 heterocycles. The Bertz CT molecular complexity index is 631. The zero-order valence-corrected chi connectivity index (χ0v) is 11.4. The van der Waals surface area contributed by atoms with Crippen molar-refractivity contribution in [1.82, 2.24) is 0 Å². The molecule has 0 radical (unpaired) electrons. The van der Waals surface area contributed by atoms with Gasteiger partial charge in [-0.1, -0.05) is 23.8 Å².